The summed E-state index contributed by atoms with van der Waals surface area (Å²) in [5.74, 6) is 0. The minimum Gasteiger partial charge on any atom is -0.450 e. The van der Waals surface area contributed by atoms with Crippen LogP contribution < -0.4 is 0 Å². The summed E-state index contributed by atoms with van der Waals surface area (Å²) in [5, 5.41) is 21.6. The molecule has 0 saturated carbocycles. The lowest BCUT2D eigenvalue weighted by Gasteiger charge is -1.89. The Morgan fingerprint density at radius 2 is 1.31 bits per heavy atom. The van der Waals surface area contributed by atoms with Gasteiger partial charge in [-0.05, 0) is 6.92 Å². The van der Waals surface area contributed by atoms with Crippen LogP contribution in [0, 0.1) is 0 Å². The monoisotopic (exact) mass is 242 g/mol. The summed E-state index contributed by atoms with van der Waals surface area (Å²) in [4.78, 5) is 27.7. The quantitative estimate of drug-likeness (QED) is 0.580. The third kappa shape index (κ3) is 59.7. The van der Waals surface area contributed by atoms with Gasteiger partial charge in [0.15, 0.2) is 0 Å². The SMILES string of the molecule is CCOC(=O)O.COC(=O)OC.O=C(O)O. The van der Waals surface area contributed by atoms with Crippen LogP contribution in [0.15, 0.2) is 0 Å². The van der Waals surface area contributed by atoms with E-state index in [0.29, 0.717) is 0 Å². The van der Waals surface area contributed by atoms with E-state index in [1.165, 1.54) is 14.2 Å². The first kappa shape index (κ1) is 19.4. The molecule has 9 nitrogen and oxygen atoms in total. The van der Waals surface area contributed by atoms with Gasteiger partial charge in [-0.25, -0.2) is 14.4 Å². The highest BCUT2D eigenvalue weighted by molar-refractivity contribution is 5.59. The molecule has 0 aliphatic rings. The van der Waals surface area contributed by atoms with Crippen molar-refractivity contribution in [2.24, 2.45) is 0 Å². The van der Waals surface area contributed by atoms with Crippen molar-refractivity contribution in [2.45, 2.75) is 6.92 Å². The summed E-state index contributed by atoms with van der Waals surface area (Å²) in [5.41, 5.74) is 0. The van der Waals surface area contributed by atoms with Crippen LogP contribution in [0.4, 0.5) is 14.4 Å². The third-order valence-electron chi connectivity index (χ3n) is 0.601. The summed E-state index contributed by atoms with van der Waals surface area (Å²) in [6.45, 7) is 1.85. The maximum atomic E-state index is 9.74. The first-order valence-electron chi connectivity index (χ1n) is 3.71. The smallest absolute Gasteiger partial charge is 0.450 e. The van der Waals surface area contributed by atoms with E-state index in [1.807, 2.05) is 0 Å². The largest absolute Gasteiger partial charge is 0.507 e. The van der Waals surface area contributed by atoms with Gasteiger partial charge < -0.3 is 29.5 Å². The zero-order valence-corrected chi connectivity index (χ0v) is 9.00. The average Bonchev–Trinajstić information content (AvgIpc) is 2.16. The normalized spacial score (nSPS) is 6.94. The lowest BCUT2D eigenvalue weighted by molar-refractivity contribution is 0.0921. The van der Waals surface area contributed by atoms with Crippen LogP contribution in [0.1, 0.15) is 6.92 Å². The van der Waals surface area contributed by atoms with Crippen molar-refractivity contribution in [1.82, 2.24) is 0 Å². The van der Waals surface area contributed by atoms with Crippen LogP contribution in [0.3, 0.4) is 0 Å². The van der Waals surface area contributed by atoms with Crippen molar-refractivity contribution in [2.75, 3.05) is 20.8 Å². The molecule has 3 N–H and O–H groups in total. The Morgan fingerprint density at radius 1 is 1.00 bits per heavy atom. The molecule has 0 amide bonds. The molecule has 0 bridgehead atoms. The van der Waals surface area contributed by atoms with Gasteiger partial charge in [0.25, 0.3) is 0 Å². The van der Waals surface area contributed by atoms with Crippen molar-refractivity contribution in [3.63, 3.8) is 0 Å². The lowest BCUT2D eigenvalue weighted by atomic mass is 10.9. The molecular weight excluding hydrogens is 228 g/mol. The molecular formula is C7H14O9. The van der Waals surface area contributed by atoms with Gasteiger partial charge >= 0.3 is 18.5 Å². The van der Waals surface area contributed by atoms with Gasteiger partial charge in [0, 0.05) is 0 Å². The van der Waals surface area contributed by atoms with Gasteiger partial charge in [0.05, 0.1) is 20.8 Å². The fourth-order valence-corrected chi connectivity index (χ4v) is 0.207. The number of hydrogen-bond acceptors (Lipinski definition) is 6. The highest BCUT2D eigenvalue weighted by atomic mass is 16.7. The Bertz CT molecular complexity index is 190. The van der Waals surface area contributed by atoms with Gasteiger partial charge in [0.2, 0.25) is 0 Å². The van der Waals surface area contributed by atoms with Crippen LogP contribution in [0.2, 0.25) is 0 Å². The fraction of sp³-hybridized carbons (Fsp3) is 0.571. The van der Waals surface area contributed by atoms with Gasteiger partial charge in [-0.15, -0.1) is 0 Å². The molecule has 0 saturated heterocycles. The third-order valence-corrected chi connectivity index (χ3v) is 0.601. The summed E-state index contributed by atoms with van der Waals surface area (Å²) in [6.07, 6.45) is -3.70. The minimum atomic E-state index is -1.83. The number of rotatable bonds is 1. The molecule has 0 unspecified atom stereocenters. The zero-order valence-electron chi connectivity index (χ0n) is 9.00. The van der Waals surface area contributed by atoms with Crippen molar-refractivity contribution in [3.8, 4) is 0 Å². The van der Waals surface area contributed by atoms with Crippen molar-refractivity contribution >= 4 is 18.5 Å². The van der Waals surface area contributed by atoms with E-state index in [-0.39, 0.29) is 6.61 Å². The molecule has 0 heterocycles. The fourth-order valence-electron chi connectivity index (χ4n) is 0.207. The second kappa shape index (κ2) is 15.3. The van der Waals surface area contributed by atoms with Crippen LogP contribution in [-0.2, 0) is 14.2 Å². The molecule has 0 spiro atoms. The molecule has 16 heavy (non-hydrogen) atoms. The number of ether oxygens (including phenoxy) is 3. The Labute approximate surface area is 91.1 Å². The molecule has 0 aliphatic carbocycles. The van der Waals surface area contributed by atoms with Crippen molar-refractivity contribution < 1.29 is 43.9 Å². The van der Waals surface area contributed by atoms with E-state index in [2.05, 4.69) is 14.2 Å². The molecule has 0 aromatic rings. The number of methoxy groups -OCH3 is 2. The van der Waals surface area contributed by atoms with E-state index in [0.717, 1.165) is 0 Å². The molecule has 0 atom stereocenters. The molecule has 0 rings (SSSR count). The Morgan fingerprint density at radius 3 is 1.31 bits per heavy atom. The molecule has 96 valence electrons. The van der Waals surface area contributed by atoms with Crippen LogP contribution >= 0.6 is 0 Å². The van der Waals surface area contributed by atoms with Crippen molar-refractivity contribution in [1.29, 1.82) is 0 Å². The predicted octanol–water partition coefficient (Wildman–Crippen LogP) is 1.32. The standard InChI is InChI=1S/2C3H6O3.CH2O3/c1-5-3(4)6-2;1-2-6-3(4)5;2-1(3)4/h1-2H3;2H2,1H3,(H,4,5);(H2,2,3,4). The maximum absolute atomic E-state index is 9.74. The first-order valence-corrected chi connectivity index (χ1v) is 3.71. The number of carboxylic acid groups (broad SMARTS) is 3. The molecule has 0 radical (unpaired) electrons. The predicted molar refractivity (Wildman–Crippen MR) is 49.7 cm³/mol. The molecule has 9 heteroatoms. The van der Waals surface area contributed by atoms with Gasteiger partial charge in [0.1, 0.15) is 0 Å². The lowest BCUT2D eigenvalue weighted by Crippen LogP contribution is -1.97. The van der Waals surface area contributed by atoms with Crippen LogP contribution in [0.5, 0.6) is 0 Å². The number of carbonyl (C=O) groups is 3. The highest BCUT2D eigenvalue weighted by Gasteiger charge is 1.88. The molecule has 0 aromatic heterocycles. The zero-order chi connectivity index (χ0) is 13.6. The van der Waals surface area contributed by atoms with E-state index in [4.69, 9.17) is 20.1 Å². The van der Waals surface area contributed by atoms with Crippen molar-refractivity contribution in [3.05, 3.63) is 0 Å². The maximum Gasteiger partial charge on any atom is 0.507 e. The second-order valence-corrected chi connectivity index (χ2v) is 1.64. The Balaban J connectivity index is -0.000000162. The van der Waals surface area contributed by atoms with E-state index < -0.39 is 18.5 Å². The van der Waals surface area contributed by atoms with Crippen LogP contribution in [-0.4, -0.2) is 54.6 Å². The van der Waals surface area contributed by atoms with Gasteiger partial charge in [-0.2, -0.15) is 0 Å². The van der Waals surface area contributed by atoms with E-state index in [1.54, 1.807) is 6.92 Å². The number of carbonyl (C=O) groups excluding carboxylic acids is 1. The summed E-state index contributed by atoms with van der Waals surface area (Å²) in [7, 11) is 2.51. The van der Waals surface area contributed by atoms with Gasteiger partial charge in [-0.3, -0.25) is 0 Å². The van der Waals surface area contributed by atoms with E-state index >= 15 is 0 Å². The summed E-state index contributed by atoms with van der Waals surface area (Å²) < 4.78 is 12.0. The second-order valence-electron chi connectivity index (χ2n) is 1.64. The molecule has 0 aromatic carbocycles. The summed E-state index contributed by atoms with van der Waals surface area (Å²) >= 11 is 0. The molecule has 0 fully saturated rings. The van der Waals surface area contributed by atoms with E-state index in [9.17, 15) is 9.59 Å². The topological polar surface area (TPSA) is 140 Å². The Kier molecular flexibility index (Phi) is 18.5. The van der Waals surface area contributed by atoms with Gasteiger partial charge in [-0.1, -0.05) is 0 Å². The molecule has 0 aliphatic heterocycles. The average molecular weight is 242 g/mol. The van der Waals surface area contributed by atoms with Crippen LogP contribution in [0.25, 0.3) is 0 Å². The Hall–Kier alpha value is -2.19. The number of hydrogen-bond donors (Lipinski definition) is 3. The minimum absolute atomic E-state index is 0.231. The first-order chi connectivity index (χ1) is 7.31. The summed E-state index contributed by atoms with van der Waals surface area (Å²) in [6, 6.07) is 0. The highest BCUT2D eigenvalue weighted by Crippen LogP contribution is 1.72.